The minimum absolute atomic E-state index is 0.0251. The monoisotopic (exact) mass is 485 g/mol. The Morgan fingerprint density at radius 2 is 1.47 bits per heavy atom. The zero-order valence-corrected chi connectivity index (χ0v) is 19.4. The Kier molecular flexibility index (Phi) is 6.44. The Labute approximate surface area is 205 Å². The number of carbonyl (C=O) groups excluding carboxylic acids is 1. The van der Waals surface area contributed by atoms with Crippen LogP contribution in [0.25, 0.3) is 16.7 Å². The van der Waals surface area contributed by atoms with Gasteiger partial charge in [0.2, 0.25) is 11.3 Å². The van der Waals surface area contributed by atoms with Crippen molar-refractivity contribution in [2.24, 2.45) is 5.10 Å². The fraction of sp³-hybridized carbons (Fsp3) is 0.185. The van der Waals surface area contributed by atoms with Crippen LogP contribution in [0.1, 0.15) is 12.8 Å². The van der Waals surface area contributed by atoms with Gasteiger partial charge in [-0.1, -0.05) is 42.5 Å². The number of likely N-dealkylation sites (tertiary alicyclic amines) is 1. The molecule has 9 heteroatoms. The highest BCUT2D eigenvalue weighted by Crippen LogP contribution is 2.18. The minimum Gasteiger partial charge on any atom is -0.341 e. The second-order valence-corrected chi connectivity index (χ2v) is 8.50. The molecule has 36 heavy (non-hydrogen) atoms. The Balaban J connectivity index is 1.84. The fourth-order valence-electron chi connectivity index (χ4n) is 4.39. The first-order valence-corrected chi connectivity index (χ1v) is 11.7. The van der Waals surface area contributed by atoms with Crippen molar-refractivity contribution >= 4 is 22.6 Å². The van der Waals surface area contributed by atoms with Gasteiger partial charge in [-0.25, -0.2) is 4.39 Å². The maximum absolute atomic E-state index is 15.0. The highest BCUT2D eigenvalue weighted by molar-refractivity contribution is 5.81. The van der Waals surface area contributed by atoms with Crippen molar-refractivity contribution in [2.45, 2.75) is 19.4 Å². The summed E-state index contributed by atoms with van der Waals surface area (Å²) in [5, 5.41) is 3.69. The second-order valence-electron chi connectivity index (χ2n) is 8.50. The molecule has 1 aliphatic heterocycles. The number of para-hydroxylation sites is 4. The number of rotatable bonds is 5. The third kappa shape index (κ3) is 4.43. The molecule has 1 saturated heterocycles. The summed E-state index contributed by atoms with van der Waals surface area (Å²) in [6, 6.07) is 21.3. The van der Waals surface area contributed by atoms with Crippen LogP contribution in [-0.2, 0) is 11.3 Å². The maximum Gasteiger partial charge on any atom is 0.289 e. The average Bonchev–Trinajstić information content (AvgIpc) is 3.42. The van der Waals surface area contributed by atoms with Crippen LogP contribution in [-0.4, -0.2) is 33.0 Å². The van der Waals surface area contributed by atoms with E-state index in [2.05, 4.69) is 10.5 Å². The van der Waals surface area contributed by atoms with E-state index in [1.54, 1.807) is 59.5 Å². The number of carbonyl (C=O) groups is 1. The van der Waals surface area contributed by atoms with Crippen molar-refractivity contribution in [1.29, 1.82) is 0 Å². The van der Waals surface area contributed by atoms with E-state index in [1.807, 2.05) is 6.07 Å². The highest BCUT2D eigenvalue weighted by Gasteiger charge is 2.21. The lowest BCUT2D eigenvalue weighted by Crippen LogP contribution is -2.46. The van der Waals surface area contributed by atoms with E-state index in [1.165, 1.54) is 22.8 Å². The van der Waals surface area contributed by atoms with Gasteiger partial charge < -0.3 is 4.90 Å². The molecule has 0 radical (unpaired) electrons. The lowest BCUT2D eigenvalue weighted by Gasteiger charge is -2.16. The molecule has 0 aliphatic carbocycles. The predicted octanol–water partition coefficient (Wildman–Crippen LogP) is 2.84. The molecule has 0 saturated carbocycles. The molecule has 8 nitrogen and oxygen atoms in total. The number of fused-ring (bicyclic) bond motifs is 1. The van der Waals surface area contributed by atoms with Gasteiger partial charge in [-0.15, -0.1) is 0 Å². The molecule has 3 aromatic carbocycles. The van der Waals surface area contributed by atoms with Gasteiger partial charge in [-0.3, -0.25) is 28.9 Å². The largest absolute Gasteiger partial charge is 0.341 e. The van der Waals surface area contributed by atoms with Gasteiger partial charge in [0.05, 0.1) is 22.4 Å². The van der Waals surface area contributed by atoms with E-state index in [0.717, 1.165) is 17.4 Å². The first-order chi connectivity index (χ1) is 17.5. The van der Waals surface area contributed by atoms with Gasteiger partial charge in [-0.2, -0.15) is 5.10 Å². The summed E-state index contributed by atoms with van der Waals surface area (Å²) >= 11 is 0. The molecule has 1 amide bonds. The Hall–Kier alpha value is -4.53. The van der Waals surface area contributed by atoms with E-state index < -0.39 is 22.3 Å². The van der Waals surface area contributed by atoms with Crippen molar-refractivity contribution in [3.05, 3.63) is 111 Å². The number of halogens is 1. The van der Waals surface area contributed by atoms with Crippen molar-refractivity contribution < 1.29 is 9.18 Å². The summed E-state index contributed by atoms with van der Waals surface area (Å²) in [6.07, 6.45) is 1.81. The van der Waals surface area contributed by atoms with Gasteiger partial charge in [0.25, 0.3) is 11.1 Å². The maximum atomic E-state index is 15.0. The fourth-order valence-corrected chi connectivity index (χ4v) is 4.39. The first kappa shape index (κ1) is 23.2. The van der Waals surface area contributed by atoms with E-state index in [0.29, 0.717) is 24.3 Å². The summed E-state index contributed by atoms with van der Waals surface area (Å²) in [7, 11) is 0. The summed E-state index contributed by atoms with van der Waals surface area (Å²) in [6.45, 7) is 0.983. The topological polar surface area (TPSA) is 88.7 Å². The summed E-state index contributed by atoms with van der Waals surface area (Å²) in [5.74, 6) is -0.858. The molecule has 1 fully saturated rings. The van der Waals surface area contributed by atoms with Crippen LogP contribution in [0.4, 0.5) is 10.1 Å². The van der Waals surface area contributed by atoms with E-state index >= 15 is 0 Å². The van der Waals surface area contributed by atoms with Crippen molar-refractivity contribution in [3.63, 3.8) is 0 Å². The van der Waals surface area contributed by atoms with Crippen LogP contribution in [0, 0.1) is 5.82 Å². The number of nitrogens with one attached hydrogen (secondary N) is 1. The van der Waals surface area contributed by atoms with Crippen LogP contribution in [0.15, 0.2) is 93.6 Å². The van der Waals surface area contributed by atoms with Gasteiger partial charge in [0.15, 0.2) is 0 Å². The second kappa shape index (κ2) is 9.99. The Bertz CT molecular complexity index is 1620. The number of nitrogens with zero attached hydrogens (tertiary/aromatic N) is 4. The van der Waals surface area contributed by atoms with Crippen LogP contribution in [0.2, 0.25) is 0 Å². The average molecular weight is 486 g/mol. The molecule has 0 atom stereocenters. The normalized spacial score (nSPS) is 13.8. The zero-order chi connectivity index (χ0) is 25.1. The molecular weight excluding hydrogens is 461 g/mol. The molecule has 1 N–H and O–H groups in total. The number of benzene rings is 3. The molecule has 5 rings (SSSR count). The lowest BCUT2D eigenvalue weighted by molar-refractivity contribution is -0.130. The van der Waals surface area contributed by atoms with Gasteiger partial charge >= 0.3 is 0 Å². The molecule has 1 aromatic heterocycles. The van der Waals surface area contributed by atoms with Gasteiger partial charge in [0.1, 0.15) is 12.4 Å². The number of amides is 1. The number of anilines is 1. The molecule has 2 heterocycles. The smallest absolute Gasteiger partial charge is 0.289 e. The first-order valence-electron chi connectivity index (χ1n) is 11.7. The van der Waals surface area contributed by atoms with Crippen molar-refractivity contribution in [1.82, 2.24) is 14.0 Å². The molecule has 0 unspecified atom stereocenters. The molecule has 182 valence electrons. The SMILES string of the molecule is O=C(Cn1c(=O)/c(=N\Nc2ccccc2)c(=O)n(-c2ccccc2F)c2ccccc21)N1CCCC1. The molecule has 4 aromatic rings. The number of aromatic nitrogens is 2. The van der Waals surface area contributed by atoms with Crippen LogP contribution >= 0.6 is 0 Å². The van der Waals surface area contributed by atoms with E-state index in [-0.39, 0.29) is 23.7 Å². The third-order valence-corrected chi connectivity index (χ3v) is 6.18. The lowest BCUT2D eigenvalue weighted by atomic mass is 10.2. The number of hydrogen-bond acceptors (Lipinski definition) is 5. The van der Waals surface area contributed by atoms with Crippen LogP contribution < -0.4 is 21.9 Å². The Morgan fingerprint density at radius 3 is 2.19 bits per heavy atom. The van der Waals surface area contributed by atoms with E-state index in [9.17, 15) is 18.8 Å². The van der Waals surface area contributed by atoms with Crippen molar-refractivity contribution in [2.75, 3.05) is 18.5 Å². The quantitative estimate of drug-likeness (QED) is 0.441. The summed E-state index contributed by atoms with van der Waals surface area (Å²) in [4.78, 5) is 42.4. The van der Waals surface area contributed by atoms with Gasteiger partial charge in [-0.05, 0) is 49.2 Å². The van der Waals surface area contributed by atoms with Crippen LogP contribution in [0.5, 0.6) is 0 Å². The molecule has 1 aliphatic rings. The molecule has 0 spiro atoms. The highest BCUT2D eigenvalue weighted by atomic mass is 19.1. The molecule has 0 bridgehead atoms. The van der Waals surface area contributed by atoms with Crippen molar-refractivity contribution in [3.8, 4) is 5.69 Å². The van der Waals surface area contributed by atoms with Gasteiger partial charge in [0, 0.05) is 13.1 Å². The predicted molar refractivity (Wildman–Crippen MR) is 135 cm³/mol. The Morgan fingerprint density at radius 1 is 0.833 bits per heavy atom. The third-order valence-electron chi connectivity index (χ3n) is 6.18. The summed E-state index contributed by atoms with van der Waals surface area (Å²) < 4.78 is 17.3. The molecular formula is C27H24FN5O3. The minimum atomic E-state index is -0.808. The standard InChI is InChI=1S/C27H24FN5O3/c28-20-12-4-5-13-21(20)33-23-15-7-6-14-22(23)32(18-24(34)31-16-8-9-17-31)26(35)25(27(33)36)30-29-19-10-2-1-3-11-19/h1-7,10-15,29H,8-9,16-18H2/b30-25+. The number of hydrogen-bond donors (Lipinski definition) is 1. The van der Waals surface area contributed by atoms with E-state index in [4.69, 9.17) is 0 Å². The van der Waals surface area contributed by atoms with Crippen LogP contribution in [0.3, 0.4) is 0 Å². The summed E-state index contributed by atoms with van der Waals surface area (Å²) in [5.41, 5.74) is 2.32. The zero-order valence-electron chi connectivity index (χ0n) is 19.4.